The van der Waals surface area contributed by atoms with Crippen LogP contribution in [0.2, 0.25) is 5.02 Å². The molecule has 2 aliphatic heterocycles. The van der Waals surface area contributed by atoms with Crippen molar-refractivity contribution in [3.05, 3.63) is 58.6 Å². The molecule has 156 valence electrons. The predicted octanol–water partition coefficient (Wildman–Crippen LogP) is 4.33. The van der Waals surface area contributed by atoms with Gasteiger partial charge in [0.25, 0.3) is 5.91 Å². The first-order valence-electron chi connectivity index (χ1n) is 10.0. The van der Waals surface area contributed by atoms with Crippen molar-refractivity contribution in [3.63, 3.8) is 0 Å². The molecule has 0 bridgehead atoms. The van der Waals surface area contributed by atoms with Crippen molar-refractivity contribution in [2.45, 2.75) is 45.2 Å². The minimum Gasteiger partial charge on any atom is -0.426 e. The Morgan fingerprint density at radius 3 is 2.73 bits per heavy atom. The number of amides is 2. The Kier molecular flexibility index (Phi) is 5.28. The molecule has 30 heavy (non-hydrogen) atoms. The van der Waals surface area contributed by atoms with Gasteiger partial charge in [-0.2, -0.15) is 0 Å². The Labute approximate surface area is 180 Å². The van der Waals surface area contributed by atoms with Crippen LogP contribution < -0.4 is 9.64 Å². The van der Waals surface area contributed by atoms with E-state index >= 15 is 0 Å². The largest absolute Gasteiger partial charge is 0.426 e. The normalized spacial score (nSPS) is 20.2. The van der Waals surface area contributed by atoms with E-state index in [4.69, 9.17) is 16.3 Å². The molecular weight excluding hydrogens is 404 g/mol. The van der Waals surface area contributed by atoms with E-state index in [-0.39, 0.29) is 24.2 Å². The van der Waals surface area contributed by atoms with Gasteiger partial charge < -0.3 is 9.64 Å². The monoisotopic (exact) mass is 426 g/mol. The van der Waals surface area contributed by atoms with Gasteiger partial charge in [0.1, 0.15) is 11.4 Å². The van der Waals surface area contributed by atoms with Gasteiger partial charge in [-0.1, -0.05) is 23.7 Å². The highest BCUT2D eigenvalue weighted by molar-refractivity contribution is 6.30. The molecule has 2 amide bonds. The summed E-state index contributed by atoms with van der Waals surface area (Å²) in [5.74, 6) is 0.0164. The molecule has 2 aliphatic rings. The van der Waals surface area contributed by atoms with E-state index < -0.39 is 5.66 Å². The molecule has 0 spiro atoms. The lowest BCUT2D eigenvalue weighted by atomic mass is 9.98. The van der Waals surface area contributed by atoms with Crippen LogP contribution in [0.1, 0.15) is 48.5 Å². The number of halogens is 1. The number of hydrogen-bond acceptors (Lipinski definition) is 4. The van der Waals surface area contributed by atoms with E-state index in [1.807, 2.05) is 26.0 Å². The lowest BCUT2D eigenvalue weighted by Crippen LogP contribution is -2.62. The molecule has 1 saturated heterocycles. The average Bonchev–Trinajstić information content (AvgIpc) is 3.02. The number of rotatable bonds is 5. The lowest BCUT2D eigenvalue weighted by Gasteiger charge is -2.48. The van der Waals surface area contributed by atoms with Gasteiger partial charge >= 0.3 is 5.97 Å². The zero-order chi connectivity index (χ0) is 21.5. The number of aryl methyl sites for hydroxylation is 1. The summed E-state index contributed by atoms with van der Waals surface area (Å²) in [4.78, 5) is 41.5. The van der Waals surface area contributed by atoms with Gasteiger partial charge in [0.15, 0.2) is 0 Å². The third-order valence-corrected chi connectivity index (χ3v) is 6.10. The van der Waals surface area contributed by atoms with E-state index in [1.54, 1.807) is 40.1 Å². The number of hydrogen-bond donors (Lipinski definition) is 0. The van der Waals surface area contributed by atoms with Crippen molar-refractivity contribution in [2.24, 2.45) is 0 Å². The van der Waals surface area contributed by atoms with Crippen LogP contribution in [0.3, 0.4) is 0 Å². The van der Waals surface area contributed by atoms with Crippen molar-refractivity contribution in [3.8, 4) is 5.75 Å². The highest BCUT2D eigenvalue weighted by atomic mass is 35.5. The Morgan fingerprint density at radius 2 is 1.97 bits per heavy atom. The third-order valence-electron chi connectivity index (χ3n) is 5.87. The van der Waals surface area contributed by atoms with Crippen LogP contribution in [0, 0.1) is 6.92 Å². The third kappa shape index (κ3) is 3.45. The minimum absolute atomic E-state index is 0.0140. The average molecular weight is 427 g/mol. The number of ether oxygens (including phenoxy) is 1. The molecule has 0 saturated carbocycles. The fourth-order valence-electron chi connectivity index (χ4n) is 4.32. The van der Waals surface area contributed by atoms with Gasteiger partial charge in [-0.3, -0.25) is 19.3 Å². The van der Waals surface area contributed by atoms with Gasteiger partial charge in [0.05, 0.1) is 11.3 Å². The summed E-state index contributed by atoms with van der Waals surface area (Å²) in [6, 6.07) is 12.3. The highest BCUT2D eigenvalue weighted by Crippen LogP contribution is 2.44. The molecule has 0 aromatic heterocycles. The molecular formula is C23H23ClN2O4. The first-order valence-corrected chi connectivity index (χ1v) is 10.4. The molecule has 1 fully saturated rings. The molecule has 6 nitrogen and oxygen atoms in total. The van der Waals surface area contributed by atoms with Gasteiger partial charge in [0.2, 0.25) is 5.91 Å². The Balaban J connectivity index is 1.46. The van der Waals surface area contributed by atoms with E-state index in [9.17, 15) is 14.4 Å². The van der Waals surface area contributed by atoms with Crippen LogP contribution in [-0.2, 0) is 9.59 Å². The predicted molar refractivity (Wildman–Crippen MR) is 114 cm³/mol. The summed E-state index contributed by atoms with van der Waals surface area (Å²) in [7, 11) is 0. The highest BCUT2D eigenvalue weighted by Gasteiger charge is 2.52. The van der Waals surface area contributed by atoms with Crippen LogP contribution in [0.4, 0.5) is 5.69 Å². The Morgan fingerprint density at radius 1 is 1.20 bits per heavy atom. The molecule has 0 aliphatic carbocycles. The Hall–Kier alpha value is -2.86. The first-order chi connectivity index (χ1) is 14.3. The topological polar surface area (TPSA) is 66.9 Å². The molecule has 1 atom stereocenters. The molecule has 7 heteroatoms. The molecule has 4 rings (SSSR count). The summed E-state index contributed by atoms with van der Waals surface area (Å²) in [5, 5.41) is 0.583. The van der Waals surface area contributed by atoms with Crippen LogP contribution in [0.5, 0.6) is 5.75 Å². The van der Waals surface area contributed by atoms with Crippen LogP contribution in [0.15, 0.2) is 42.5 Å². The maximum absolute atomic E-state index is 13.2. The number of para-hydroxylation sites is 1. The molecule has 2 aromatic rings. The van der Waals surface area contributed by atoms with Crippen LogP contribution >= 0.6 is 11.6 Å². The summed E-state index contributed by atoms with van der Waals surface area (Å²) >= 11 is 5.93. The summed E-state index contributed by atoms with van der Waals surface area (Å²) < 4.78 is 5.44. The zero-order valence-electron chi connectivity index (χ0n) is 17.0. The smallest absolute Gasteiger partial charge is 0.311 e. The summed E-state index contributed by atoms with van der Waals surface area (Å²) in [6.45, 7) is 4.11. The number of carbonyl (C=O) groups excluding carboxylic acids is 3. The number of esters is 1. The Bertz CT molecular complexity index is 1040. The van der Waals surface area contributed by atoms with Crippen molar-refractivity contribution >= 4 is 35.1 Å². The summed E-state index contributed by atoms with van der Waals surface area (Å²) in [6.07, 6.45) is 1.57. The van der Waals surface area contributed by atoms with Gasteiger partial charge in [-0.15, -0.1) is 0 Å². The minimum atomic E-state index is -0.709. The van der Waals surface area contributed by atoms with Crippen LogP contribution in [0.25, 0.3) is 0 Å². The van der Waals surface area contributed by atoms with E-state index in [0.717, 1.165) is 5.56 Å². The number of fused-ring (bicyclic) bond motifs is 3. The van der Waals surface area contributed by atoms with Crippen molar-refractivity contribution in [1.82, 2.24) is 4.90 Å². The standard InChI is InChI=1S/C23H23ClN2O4/c1-15-14-16(24)9-10-19(15)30-21(28)8-5-13-25-22(29)17-6-3-4-7-18(17)26-20(27)11-12-23(25,26)2/h3-4,6-7,9-10,14H,5,8,11-13H2,1-2H3. The maximum Gasteiger partial charge on any atom is 0.311 e. The second-order valence-electron chi connectivity index (χ2n) is 7.91. The first kappa shape index (κ1) is 20.4. The van der Waals surface area contributed by atoms with E-state index in [1.165, 1.54) is 0 Å². The molecule has 1 unspecified atom stereocenters. The molecule has 0 radical (unpaired) electrons. The lowest BCUT2D eigenvalue weighted by molar-refractivity contribution is -0.134. The number of benzene rings is 2. The molecule has 2 aromatic carbocycles. The fourth-order valence-corrected chi connectivity index (χ4v) is 4.55. The quantitative estimate of drug-likeness (QED) is 0.527. The summed E-state index contributed by atoms with van der Waals surface area (Å²) in [5.41, 5.74) is 1.26. The zero-order valence-corrected chi connectivity index (χ0v) is 17.7. The second kappa shape index (κ2) is 7.76. The van der Waals surface area contributed by atoms with Crippen LogP contribution in [-0.4, -0.2) is 34.9 Å². The maximum atomic E-state index is 13.2. The molecule has 2 heterocycles. The van der Waals surface area contributed by atoms with Crippen molar-refractivity contribution in [1.29, 1.82) is 0 Å². The van der Waals surface area contributed by atoms with Gasteiger partial charge in [0, 0.05) is 24.4 Å². The van der Waals surface area contributed by atoms with Crippen molar-refractivity contribution in [2.75, 3.05) is 11.4 Å². The molecule has 0 N–H and O–H groups in total. The van der Waals surface area contributed by atoms with E-state index in [0.29, 0.717) is 47.8 Å². The number of nitrogens with zero attached hydrogens (tertiary/aromatic N) is 2. The van der Waals surface area contributed by atoms with Gasteiger partial charge in [-0.05, 0) is 62.6 Å². The van der Waals surface area contributed by atoms with Crippen molar-refractivity contribution < 1.29 is 19.1 Å². The second-order valence-corrected chi connectivity index (χ2v) is 8.34. The van der Waals surface area contributed by atoms with Gasteiger partial charge in [-0.25, -0.2) is 0 Å². The van der Waals surface area contributed by atoms with E-state index in [2.05, 4.69) is 0 Å². The SMILES string of the molecule is Cc1cc(Cl)ccc1OC(=O)CCCN1C(=O)c2ccccc2N2C(=O)CCC12C. The number of carbonyl (C=O) groups is 3. The fraction of sp³-hybridized carbons (Fsp3) is 0.348. The number of anilines is 1.